The Bertz CT molecular complexity index is 403. The van der Waals surface area contributed by atoms with E-state index >= 15 is 0 Å². The average molecular weight is 252 g/mol. The fourth-order valence-electron chi connectivity index (χ4n) is 2.22. The van der Waals surface area contributed by atoms with Gasteiger partial charge in [-0.1, -0.05) is 6.07 Å². The summed E-state index contributed by atoms with van der Waals surface area (Å²) < 4.78 is 10.4. The fourth-order valence-corrected chi connectivity index (χ4v) is 2.22. The van der Waals surface area contributed by atoms with Crippen LogP contribution in [-0.2, 0) is 6.54 Å². The minimum atomic E-state index is 0.0765. The number of methoxy groups -OCH3 is 2. The first-order chi connectivity index (χ1) is 8.76. The number of ether oxygens (including phenoxy) is 2. The first-order valence-electron chi connectivity index (χ1n) is 6.12. The summed E-state index contributed by atoms with van der Waals surface area (Å²) in [6.07, 6.45) is 0. The first-order valence-corrected chi connectivity index (χ1v) is 6.12. The van der Waals surface area contributed by atoms with Gasteiger partial charge >= 0.3 is 0 Å². The van der Waals surface area contributed by atoms with Crippen LogP contribution in [0.4, 0.5) is 0 Å². The molecule has 5 nitrogen and oxygen atoms in total. The molecule has 0 unspecified atom stereocenters. The van der Waals surface area contributed by atoms with E-state index in [0.717, 1.165) is 38.3 Å². The van der Waals surface area contributed by atoms with Crippen molar-refractivity contribution in [2.75, 3.05) is 40.4 Å². The Kier molecular flexibility index (Phi) is 4.28. The zero-order chi connectivity index (χ0) is 13.0. The summed E-state index contributed by atoms with van der Waals surface area (Å²) in [7, 11) is 3.10. The highest BCUT2D eigenvalue weighted by Crippen LogP contribution is 2.39. The molecule has 1 saturated heterocycles. The van der Waals surface area contributed by atoms with Crippen molar-refractivity contribution >= 4 is 0 Å². The van der Waals surface area contributed by atoms with Gasteiger partial charge in [-0.05, 0) is 6.07 Å². The van der Waals surface area contributed by atoms with Gasteiger partial charge in [0.2, 0.25) is 5.75 Å². The van der Waals surface area contributed by atoms with E-state index in [1.165, 1.54) is 7.11 Å². The van der Waals surface area contributed by atoms with Gasteiger partial charge in [0.25, 0.3) is 0 Å². The highest BCUT2D eigenvalue weighted by Gasteiger charge is 2.17. The van der Waals surface area contributed by atoms with E-state index in [1.54, 1.807) is 13.2 Å². The number of hydrogen-bond donors (Lipinski definition) is 2. The minimum absolute atomic E-state index is 0.0765. The van der Waals surface area contributed by atoms with Crippen LogP contribution in [-0.4, -0.2) is 50.4 Å². The Morgan fingerprint density at radius 3 is 2.56 bits per heavy atom. The quantitative estimate of drug-likeness (QED) is 0.830. The molecule has 1 heterocycles. The summed E-state index contributed by atoms with van der Waals surface area (Å²) in [5, 5.41) is 13.3. The number of phenols is 1. The van der Waals surface area contributed by atoms with Crippen molar-refractivity contribution in [2.45, 2.75) is 6.54 Å². The molecular formula is C13H20N2O3. The van der Waals surface area contributed by atoms with E-state index in [1.807, 2.05) is 6.07 Å². The van der Waals surface area contributed by atoms with E-state index in [9.17, 15) is 5.11 Å². The van der Waals surface area contributed by atoms with E-state index < -0.39 is 0 Å². The number of piperazine rings is 1. The van der Waals surface area contributed by atoms with Gasteiger partial charge in [-0.3, -0.25) is 4.90 Å². The highest BCUT2D eigenvalue weighted by atomic mass is 16.5. The monoisotopic (exact) mass is 252 g/mol. The highest BCUT2D eigenvalue weighted by molar-refractivity contribution is 5.54. The number of hydrogen-bond acceptors (Lipinski definition) is 5. The number of nitrogens with zero attached hydrogens (tertiary/aromatic N) is 1. The summed E-state index contributed by atoms with van der Waals surface area (Å²) in [6, 6.07) is 3.72. The Labute approximate surface area is 107 Å². The predicted molar refractivity (Wildman–Crippen MR) is 69.4 cm³/mol. The van der Waals surface area contributed by atoms with Crippen molar-refractivity contribution in [3.05, 3.63) is 17.7 Å². The molecule has 0 spiro atoms. The van der Waals surface area contributed by atoms with Crippen LogP contribution in [0.1, 0.15) is 5.56 Å². The molecule has 0 saturated carbocycles. The zero-order valence-corrected chi connectivity index (χ0v) is 10.9. The van der Waals surface area contributed by atoms with Gasteiger partial charge in [-0.2, -0.15) is 0 Å². The zero-order valence-electron chi connectivity index (χ0n) is 10.9. The van der Waals surface area contributed by atoms with E-state index in [4.69, 9.17) is 9.47 Å². The molecule has 0 radical (unpaired) electrons. The summed E-state index contributed by atoms with van der Waals surface area (Å²) in [5.41, 5.74) is 0.984. The second-order valence-electron chi connectivity index (χ2n) is 4.33. The number of benzene rings is 1. The molecule has 0 atom stereocenters. The Morgan fingerprint density at radius 2 is 1.94 bits per heavy atom. The topological polar surface area (TPSA) is 54.0 Å². The van der Waals surface area contributed by atoms with Crippen molar-refractivity contribution in [1.82, 2.24) is 10.2 Å². The normalized spacial score (nSPS) is 16.6. The number of nitrogens with one attached hydrogen (secondary N) is 1. The predicted octanol–water partition coefficient (Wildman–Crippen LogP) is 0.815. The van der Waals surface area contributed by atoms with Crippen LogP contribution in [0, 0.1) is 0 Å². The number of phenolic OH excluding ortho intramolecular Hbond substituents is 1. The van der Waals surface area contributed by atoms with Crippen molar-refractivity contribution < 1.29 is 14.6 Å². The Hall–Kier alpha value is -1.46. The summed E-state index contributed by atoms with van der Waals surface area (Å²) >= 11 is 0. The van der Waals surface area contributed by atoms with Gasteiger partial charge in [0.1, 0.15) is 0 Å². The largest absolute Gasteiger partial charge is 0.502 e. The molecule has 0 aromatic heterocycles. The molecule has 5 heteroatoms. The van der Waals surface area contributed by atoms with Gasteiger partial charge in [-0.15, -0.1) is 0 Å². The molecule has 1 aromatic rings. The molecule has 1 fully saturated rings. The second kappa shape index (κ2) is 5.93. The molecule has 100 valence electrons. The molecule has 1 aromatic carbocycles. The summed E-state index contributed by atoms with van der Waals surface area (Å²) in [4.78, 5) is 2.33. The van der Waals surface area contributed by atoms with Crippen LogP contribution in [0.3, 0.4) is 0 Å². The molecular weight excluding hydrogens is 232 g/mol. The SMILES string of the molecule is COc1ccc(CN2CCNCC2)c(OC)c1O. The van der Waals surface area contributed by atoms with Crippen molar-refractivity contribution in [3.8, 4) is 17.2 Å². The molecule has 0 amide bonds. The van der Waals surface area contributed by atoms with E-state index in [-0.39, 0.29) is 5.75 Å². The average Bonchev–Trinajstić information content (AvgIpc) is 2.40. The maximum Gasteiger partial charge on any atom is 0.201 e. The van der Waals surface area contributed by atoms with Gasteiger partial charge in [-0.25, -0.2) is 0 Å². The molecule has 1 aliphatic rings. The number of aromatic hydroxyl groups is 1. The van der Waals surface area contributed by atoms with Crippen LogP contribution in [0.15, 0.2) is 12.1 Å². The maximum atomic E-state index is 10.0. The van der Waals surface area contributed by atoms with Gasteiger partial charge in [0.05, 0.1) is 14.2 Å². The van der Waals surface area contributed by atoms with E-state index in [0.29, 0.717) is 11.5 Å². The van der Waals surface area contributed by atoms with Crippen LogP contribution in [0.5, 0.6) is 17.2 Å². The van der Waals surface area contributed by atoms with Crippen LogP contribution < -0.4 is 14.8 Å². The van der Waals surface area contributed by atoms with Crippen molar-refractivity contribution in [1.29, 1.82) is 0 Å². The lowest BCUT2D eigenvalue weighted by atomic mass is 10.1. The first kappa shape index (κ1) is 13.0. The Balaban J connectivity index is 2.18. The third kappa shape index (κ3) is 2.68. The van der Waals surface area contributed by atoms with Gasteiger partial charge in [0.15, 0.2) is 11.5 Å². The van der Waals surface area contributed by atoms with Crippen LogP contribution >= 0.6 is 0 Å². The molecule has 2 N–H and O–H groups in total. The van der Waals surface area contributed by atoms with Gasteiger partial charge in [0, 0.05) is 38.3 Å². The molecule has 0 aliphatic carbocycles. The minimum Gasteiger partial charge on any atom is -0.502 e. The maximum absolute atomic E-state index is 10.0. The van der Waals surface area contributed by atoms with Crippen molar-refractivity contribution in [2.24, 2.45) is 0 Å². The van der Waals surface area contributed by atoms with Gasteiger partial charge < -0.3 is 19.9 Å². The fraction of sp³-hybridized carbons (Fsp3) is 0.538. The molecule has 18 heavy (non-hydrogen) atoms. The lowest BCUT2D eigenvalue weighted by Crippen LogP contribution is -2.42. The lowest BCUT2D eigenvalue weighted by molar-refractivity contribution is 0.229. The molecule has 2 rings (SSSR count). The summed E-state index contributed by atoms with van der Waals surface area (Å²) in [5.74, 6) is 1.02. The smallest absolute Gasteiger partial charge is 0.201 e. The van der Waals surface area contributed by atoms with Crippen LogP contribution in [0.2, 0.25) is 0 Å². The van der Waals surface area contributed by atoms with Crippen molar-refractivity contribution in [3.63, 3.8) is 0 Å². The molecule has 1 aliphatic heterocycles. The summed E-state index contributed by atoms with van der Waals surface area (Å²) in [6.45, 7) is 4.81. The Morgan fingerprint density at radius 1 is 1.22 bits per heavy atom. The molecule has 0 bridgehead atoms. The van der Waals surface area contributed by atoms with Crippen LogP contribution in [0.25, 0.3) is 0 Å². The third-order valence-electron chi connectivity index (χ3n) is 3.20. The van der Waals surface area contributed by atoms with E-state index in [2.05, 4.69) is 10.2 Å². The second-order valence-corrected chi connectivity index (χ2v) is 4.33. The standard InChI is InChI=1S/C13H20N2O3/c1-17-11-4-3-10(13(18-2)12(11)16)9-15-7-5-14-6-8-15/h3-4,14,16H,5-9H2,1-2H3. The number of rotatable bonds is 4. The third-order valence-corrected chi connectivity index (χ3v) is 3.20. The lowest BCUT2D eigenvalue weighted by Gasteiger charge is -2.28.